The first-order valence-corrected chi connectivity index (χ1v) is 5.77. The molecular weight excluding hydrogens is 259 g/mol. The average Bonchev–Trinajstić information content (AvgIpc) is 2.27. The lowest BCUT2D eigenvalue weighted by molar-refractivity contribution is -0.134. The lowest BCUT2D eigenvalue weighted by Gasteiger charge is -2.37. The van der Waals surface area contributed by atoms with Crippen molar-refractivity contribution in [2.75, 3.05) is 11.4 Å². The van der Waals surface area contributed by atoms with Crippen molar-refractivity contribution in [3.63, 3.8) is 0 Å². The van der Waals surface area contributed by atoms with Gasteiger partial charge < -0.3 is 10.2 Å². The van der Waals surface area contributed by atoms with Crippen molar-refractivity contribution in [2.24, 2.45) is 0 Å². The Kier molecular flexibility index (Phi) is 3.02. The summed E-state index contributed by atoms with van der Waals surface area (Å²) in [6.45, 7) is 3.08. The highest BCUT2D eigenvalue weighted by atomic mass is 35.5. The summed E-state index contributed by atoms with van der Waals surface area (Å²) in [6, 6.07) is 4.02. The van der Waals surface area contributed by atoms with Gasteiger partial charge in [-0.1, -0.05) is 11.6 Å². The van der Waals surface area contributed by atoms with Crippen molar-refractivity contribution in [3.8, 4) is 0 Å². The third-order valence-electron chi connectivity index (χ3n) is 2.75. The molecule has 1 aromatic carbocycles. The largest absolute Gasteiger partial charge is 0.341 e. The summed E-state index contributed by atoms with van der Waals surface area (Å²) in [5.74, 6) is -1.19. The Morgan fingerprint density at radius 3 is 2.67 bits per heavy atom. The van der Waals surface area contributed by atoms with Crippen molar-refractivity contribution in [2.45, 2.75) is 19.4 Å². The first kappa shape index (κ1) is 12.8. The fourth-order valence-corrected chi connectivity index (χ4v) is 1.97. The number of halogens is 2. The third-order valence-corrected chi connectivity index (χ3v) is 3.05. The molecule has 6 heteroatoms. The Morgan fingerprint density at radius 2 is 2.06 bits per heavy atom. The SMILES string of the molecule is CC1(C)NC(=O)CN(c2ccc(Cl)c(F)c2)C1=O. The van der Waals surface area contributed by atoms with Gasteiger partial charge in [-0.05, 0) is 32.0 Å². The molecule has 18 heavy (non-hydrogen) atoms. The predicted molar refractivity (Wildman–Crippen MR) is 66.0 cm³/mol. The lowest BCUT2D eigenvalue weighted by Crippen LogP contribution is -2.64. The highest BCUT2D eigenvalue weighted by molar-refractivity contribution is 6.30. The van der Waals surface area contributed by atoms with Crippen molar-refractivity contribution in [3.05, 3.63) is 29.0 Å². The molecule has 0 aromatic heterocycles. The van der Waals surface area contributed by atoms with Crippen molar-refractivity contribution >= 4 is 29.1 Å². The minimum atomic E-state index is -0.995. The van der Waals surface area contributed by atoms with Crippen LogP contribution in [0.3, 0.4) is 0 Å². The molecule has 0 atom stereocenters. The Balaban J connectivity index is 2.39. The normalized spacial score (nSPS) is 18.8. The molecule has 1 fully saturated rings. The average molecular weight is 271 g/mol. The summed E-state index contributed by atoms with van der Waals surface area (Å²) in [4.78, 5) is 24.9. The van der Waals surface area contributed by atoms with Gasteiger partial charge in [0.1, 0.15) is 17.9 Å². The monoisotopic (exact) mass is 270 g/mol. The van der Waals surface area contributed by atoms with E-state index < -0.39 is 11.4 Å². The van der Waals surface area contributed by atoms with E-state index in [1.165, 1.54) is 17.0 Å². The quantitative estimate of drug-likeness (QED) is 0.845. The fraction of sp³-hybridized carbons (Fsp3) is 0.333. The Bertz CT molecular complexity index is 531. The van der Waals surface area contributed by atoms with Crippen LogP contribution in [-0.4, -0.2) is 23.9 Å². The molecule has 2 amide bonds. The number of anilines is 1. The van der Waals surface area contributed by atoms with Crippen LogP contribution in [0.25, 0.3) is 0 Å². The van der Waals surface area contributed by atoms with E-state index in [2.05, 4.69) is 5.32 Å². The highest BCUT2D eigenvalue weighted by Crippen LogP contribution is 2.25. The topological polar surface area (TPSA) is 49.4 Å². The van der Waals surface area contributed by atoms with Gasteiger partial charge in [-0.3, -0.25) is 9.59 Å². The van der Waals surface area contributed by atoms with Gasteiger partial charge in [-0.2, -0.15) is 0 Å². The number of nitrogens with zero attached hydrogens (tertiary/aromatic N) is 1. The highest BCUT2D eigenvalue weighted by Gasteiger charge is 2.39. The van der Waals surface area contributed by atoms with E-state index in [1.54, 1.807) is 13.8 Å². The van der Waals surface area contributed by atoms with Crippen molar-refractivity contribution in [1.29, 1.82) is 0 Å². The molecule has 0 aliphatic carbocycles. The zero-order valence-electron chi connectivity index (χ0n) is 9.96. The first-order chi connectivity index (χ1) is 8.31. The van der Waals surface area contributed by atoms with E-state index in [0.717, 1.165) is 6.07 Å². The molecule has 1 heterocycles. The minimum Gasteiger partial charge on any atom is -0.341 e. The maximum Gasteiger partial charge on any atom is 0.252 e. The van der Waals surface area contributed by atoms with Gasteiger partial charge in [0.2, 0.25) is 5.91 Å². The molecule has 1 saturated heterocycles. The number of benzene rings is 1. The number of hydrogen-bond donors (Lipinski definition) is 1. The summed E-state index contributed by atoms with van der Waals surface area (Å²) in [5.41, 5.74) is -0.671. The van der Waals surface area contributed by atoms with E-state index in [4.69, 9.17) is 11.6 Å². The predicted octanol–water partition coefficient (Wildman–Crippen LogP) is 1.72. The molecule has 1 aliphatic rings. The van der Waals surface area contributed by atoms with E-state index in [9.17, 15) is 14.0 Å². The first-order valence-electron chi connectivity index (χ1n) is 5.39. The smallest absolute Gasteiger partial charge is 0.252 e. The van der Waals surface area contributed by atoms with Crippen LogP contribution in [0, 0.1) is 5.82 Å². The number of rotatable bonds is 1. The molecule has 1 aliphatic heterocycles. The zero-order valence-corrected chi connectivity index (χ0v) is 10.7. The lowest BCUT2D eigenvalue weighted by atomic mass is 10.00. The molecule has 0 radical (unpaired) electrons. The second-order valence-electron chi connectivity index (χ2n) is 4.66. The standard InChI is InChI=1S/C12H12ClFN2O2/c1-12(2)11(18)16(6-10(17)15-12)7-3-4-8(13)9(14)5-7/h3-5H,6H2,1-2H3,(H,15,17). The summed E-state index contributed by atoms with van der Waals surface area (Å²) in [7, 11) is 0. The Morgan fingerprint density at radius 1 is 1.39 bits per heavy atom. The van der Waals surface area contributed by atoms with Crippen molar-refractivity contribution < 1.29 is 14.0 Å². The number of amides is 2. The van der Waals surface area contributed by atoms with Crippen LogP contribution in [0.2, 0.25) is 5.02 Å². The van der Waals surface area contributed by atoms with Crippen LogP contribution in [0.5, 0.6) is 0 Å². The summed E-state index contributed by atoms with van der Waals surface area (Å²) in [6.07, 6.45) is 0. The summed E-state index contributed by atoms with van der Waals surface area (Å²) < 4.78 is 13.4. The van der Waals surface area contributed by atoms with Gasteiger partial charge in [0, 0.05) is 5.69 Å². The zero-order chi connectivity index (χ0) is 13.5. The second kappa shape index (κ2) is 4.24. The second-order valence-corrected chi connectivity index (χ2v) is 5.07. The number of carbonyl (C=O) groups is 2. The molecule has 96 valence electrons. The van der Waals surface area contributed by atoms with E-state index in [-0.39, 0.29) is 23.4 Å². The van der Waals surface area contributed by atoms with Gasteiger partial charge in [-0.25, -0.2) is 4.39 Å². The Hall–Kier alpha value is -1.62. The molecule has 2 rings (SSSR count). The number of nitrogens with one attached hydrogen (secondary N) is 1. The van der Waals surface area contributed by atoms with E-state index in [1.807, 2.05) is 0 Å². The van der Waals surface area contributed by atoms with Crippen molar-refractivity contribution in [1.82, 2.24) is 5.32 Å². The van der Waals surface area contributed by atoms with Gasteiger partial charge in [0.25, 0.3) is 5.91 Å². The molecular formula is C12H12ClFN2O2. The number of carbonyl (C=O) groups excluding carboxylic acids is 2. The van der Waals surface area contributed by atoms with Crippen LogP contribution in [-0.2, 0) is 9.59 Å². The van der Waals surface area contributed by atoms with Crippen LogP contribution in [0.4, 0.5) is 10.1 Å². The van der Waals surface area contributed by atoms with Gasteiger partial charge >= 0.3 is 0 Å². The van der Waals surface area contributed by atoms with Gasteiger partial charge in [0.05, 0.1) is 5.02 Å². The number of hydrogen-bond acceptors (Lipinski definition) is 2. The summed E-state index contributed by atoms with van der Waals surface area (Å²) >= 11 is 5.58. The molecule has 0 unspecified atom stereocenters. The Labute approximate surface area is 109 Å². The molecule has 0 spiro atoms. The van der Waals surface area contributed by atoms with E-state index in [0.29, 0.717) is 5.69 Å². The summed E-state index contributed by atoms with van der Waals surface area (Å²) in [5, 5.41) is 2.56. The van der Waals surface area contributed by atoms with E-state index >= 15 is 0 Å². The third kappa shape index (κ3) is 2.18. The van der Waals surface area contributed by atoms with Gasteiger partial charge in [-0.15, -0.1) is 0 Å². The fourth-order valence-electron chi connectivity index (χ4n) is 1.86. The maximum absolute atomic E-state index is 13.4. The van der Waals surface area contributed by atoms with Crippen LogP contribution in [0.15, 0.2) is 18.2 Å². The molecule has 0 saturated carbocycles. The number of piperazine rings is 1. The van der Waals surface area contributed by atoms with Gasteiger partial charge in [0.15, 0.2) is 0 Å². The minimum absolute atomic E-state index is 0.0214. The molecule has 1 aromatic rings. The molecule has 1 N–H and O–H groups in total. The van der Waals surface area contributed by atoms with Crippen LogP contribution >= 0.6 is 11.6 Å². The molecule has 4 nitrogen and oxygen atoms in total. The van der Waals surface area contributed by atoms with Crippen LogP contribution < -0.4 is 10.2 Å². The molecule has 0 bridgehead atoms. The van der Waals surface area contributed by atoms with Crippen LogP contribution in [0.1, 0.15) is 13.8 Å². The maximum atomic E-state index is 13.4.